The second-order valence-electron chi connectivity index (χ2n) is 7.93. The summed E-state index contributed by atoms with van der Waals surface area (Å²) >= 11 is 0. The Morgan fingerprint density at radius 1 is 1.38 bits per heavy atom. The number of nitrogens with two attached hydrogens (primary N) is 1. The molecule has 5 heteroatoms. The summed E-state index contributed by atoms with van der Waals surface area (Å²) in [5.41, 5.74) is 7.03. The summed E-state index contributed by atoms with van der Waals surface area (Å²) in [4.78, 5) is 24.7. The van der Waals surface area contributed by atoms with Crippen molar-refractivity contribution in [1.29, 1.82) is 5.26 Å². The minimum Gasteiger partial charge on any atom is -0.481 e. The maximum Gasteiger partial charge on any atom is 0.307 e. The number of hydrogen-bond acceptors (Lipinski definition) is 4. The number of carboxylic acids is 1. The number of benzene rings is 1. The zero-order valence-corrected chi connectivity index (χ0v) is 15.6. The van der Waals surface area contributed by atoms with Gasteiger partial charge in [0.1, 0.15) is 5.41 Å². The number of nitriles is 1. The Hall–Kier alpha value is -2.19. The lowest BCUT2D eigenvalue weighted by Gasteiger charge is -2.37. The Morgan fingerprint density at radius 2 is 2.08 bits per heavy atom. The lowest BCUT2D eigenvalue weighted by molar-refractivity contribution is -0.142. The van der Waals surface area contributed by atoms with Crippen molar-refractivity contribution in [2.45, 2.75) is 40.0 Å². The van der Waals surface area contributed by atoms with Crippen LogP contribution >= 0.6 is 0 Å². The summed E-state index contributed by atoms with van der Waals surface area (Å²) in [5.74, 6) is -2.12. The van der Waals surface area contributed by atoms with Crippen molar-refractivity contribution in [3.63, 3.8) is 0 Å². The number of aryl methyl sites for hydroxylation is 2. The van der Waals surface area contributed by atoms with Crippen molar-refractivity contribution in [2.75, 3.05) is 6.54 Å². The Morgan fingerprint density at radius 3 is 2.58 bits per heavy atom. The zero-order valence-electron chi connectivity index (χ0n) is 15.6. The van der Waals surface area contributed by atoms with Crippen LogP contribution in [0.4, 0.5) is 0 Å². The first-order chi connectivity index (χ1) is 12.3. The molecule has 5 unspecified atom stereocenters. The van der Waals surface area contributed by atoms with Gasteiger partial charge in [-0.3, -0.25) is 9.59 Å². The van der Waals surface area contributed by atoms with Gasteiger partial charge in [-0.15, -0.1) is 0 Å². The first kappa shape index (κ1) is 18.6. The van der Waals surface area contributed by atoms with Gasteiger partial charge in [-0.25, -0.2) is 0 Å². The molecule has 5 nitrogen and oxygen atoms in total. The van der Waals surface area contributed by atoms with Gasteiger partial charge in [-0.1, -0.05) is 30.7 Å². The van der Waals surface area contributed by atoms with E-state index in [2.05, 4.69) is 18.2 Å². The van der Waals surface area contributed by atoms with Crippen molar-refractivity contribution in [3.8, 4) is 6.07 Å². The smallest absolute Gasteiger partial charge is 0.307 e. The van der Waals surface area contributed by atoms with E-state index in [1.54, 1.807) is 0 Å². The first-order valence-electron chi connectivity index (χ1n) is 9.23. The molecule has 138 valence electrons. The molecule has 0 aliphatic heterocycles. The van der Waals surface area contributed by atoms with Crippen LogP contribution in [-0.4, -0.2) is 23.4 Å². The van der Waals surface area contributed by atoms with Crippen molar-refractivity contribution >= 4 is 11.8 Å². The van der Waals surface area contributed by atoms with Crippen molar-refractivity contribution in [3.05, 3.63) is 34.9 Å². The molecular weight excluding hydrogens is 328 g/mol. The molecule has 26 heavy (non-hydrogen) atoms. The zero-order chi connectivity index (χ0) is 19.3. The highest BCUT2D eigenvalue weighted by atomic mass is 16.4. The third-order valence-electron chi connectivity index (χ3n) is 7.01. The summed E-state index contributed by atoms with van der Waals surface area (Å²) in [6.45, 7) is 5.73. The molecule has 0 spiro atoms. The molecule has 0 radical (unpaired) electrons. The molecule has 1 aromatic rings. The summed E-state index contributed by atoms with van der Waals surface area (Å²) in [7, 11) is 0. The maximum atomic E-state index is 12.9. The predicted octanol–water partition coefficient (Wildman–Crippen LogP) is 2.63. The molecule has 2 aliphatic rings. The average Bonchev–Trinajstić information content (AvgIpc) is 3.18. The van der Waals surface area contributed by atoms with Gasteiger partial charge in [0.25, 0.3) is 0 Å². The summed E-state index contributed by atoms with van der Waals surface area (Å²) in [6, 6.07) is 8.49. The normalized spacial score (nSPS) is 34.8. The Labute approximate surface area is 154 Å². The number of hydrogen-bond donors (Lipinski definition) is 2. The van der Waals surface area contributed by atoms with Crippen LogP contribution < -0.4 is 5.73 Å². The number of carboxylic acid groups (broad SMARTS) is 1. The van der Waals surface area contributed by atoms with E-state index in [1.165, 1.54) is 5.56 Å². The monoisotopic (exact) mass is 354 g/mol. The van der Waals surface area contributed by atoms with E-state index < -0.39 is 22.7 Å². The van der Waals surface area contributed by atoms with Crippen LogP contribution in [0.15, 0.2) is 18.2 Å². The Balaban J connectivity index is 2.06. The number of Topliss-reactive ketones (excluding diaryl/α,β-unsaturated/α-hetero) is 1. The number of carbonyl (C=O) groups excluding carboxylic acids is 1. The van der Waals surface area contributed by atoms with E-state index in [4.69, 9.17) is 5.73 Å². The fourth-order valence-corrected chi connectivity index (χ4v) is 5.90. The van der Waals surface area contributed by atoms with Gasteiger partial charge in [-0.05, 0) is 56.1 Å². The third-order valence-corrected chi connectivity index (χ3v) is 7.01. The second kappa shape index (κ2) is 6.21. The van der Waals surface area contributed by atoms with Crippen LogP contribution in [0.5, 0.6) is 0 Å². The lowest BCUT2D eigenvalue weighted by atomic mass is 9.61. The molecule has 3 rings (SSSR count). The topological polar surface area (TPSA) is 104 Å². The van der Waals surface area contributed by atoms with Gasteiger partial charge in [0, 0.05) is 5.41 Å². The van der Waals surface area contributed by atoms with Crippen LogP contribution in [-0.2, 0) is 16.0 Å². The van der Waals surface area contributed by atoms with Gasteiger partial charge >= 0.3 is 5.97 Å². The third kappa shape index (κ3) is 2.18. The molecule has 0 saturated heterocycles. The van der Waals surface area contributed by atoms with E-state index >= 15 is 0 Å². The van der Waals surface area contributed by atoms with Gasteiger partial charge in [0.15, 0.2) is 5.78 Å². The van der Waals surface area contributed by atoms with Crippen LogP contribution in [0.25, 0.3) is 0 Å². The van der Waals surface area contributed by atoms with Crippen LogP contribution in [0.2, 0.25) is 0 Å². The summed E-state index contributed by atoms with van der Waals surface area (Å²) in [5, 5.41) is 19.8. The fraction of sp³-hybridized carbons (Fsp3) is 0.571. The van der Waals surface area contributed by atoms with Gasteiger partial charge in [0.05, 0.1) is 18.5 Å². The van der Waals surface area contributed by atoms with Gasteiger partial charge in [0.2, 0.25) is 0 Å². The number of rotatable bonds is 6. The van der Waals surface area contributed by atoms with E-state index in [9.17, 15) is 20.0 Å². The minimum absolute atomic E-state index is 0.115. The standard InChI is InChI=1S/C21H26N2O3/c1-4-20-16(18(20)19(25)26)9-15(21(20,11-23)17(24)10-22)8-14-6-5-12(2)7-13(14)3/h5-7,15-16,18H,4,8-10,22H2,1-3H3,(H,25,26). The van der Waals surface area contributed by atoms with Gasteiger partial charge in [-0.2, -0.15) is 5.26 Å². The predicted molar refractivity (Wildman–Crippen MR) is 97.2 cm³/mol. The molecule has 0 aromatic heterocycles. The SMILES string of the molecule is CCC12C(CC(Cc3ccc(C)cc3C)C1(C#N)C(=O)CN)C2C(=O)O. The Kier molecular flexibility index (Phi) is 4.44. The van der Waals surface area contributed by atoms with Crippen LogP contribution in [0, 0.1) is 53.8 Å². The van der Waals surface area contributed by atoms with Crippen LogP contribution in [0.3, 0.4) is 0 Å². The molecular formula is C21H26N2O3. The number of carbonyl (C=O) groups is 2. The van der Waals surface area contributed by atoms with Crippen molar-refractivity contribution in [2.24, 2.45) is 34.3 Å². The molecule has 3 N–H and O–H groups in total. The maximum absolute atomic E-state index is 12.9. The molecule has 2 fully saturated rings. The highest BCUT2D eigenvalue weighted by Gasteiger charge is 2.83. The molecule has 2 saturated carbocycles. The number of fused-ring (bicyclic) bond motifs is 1. The lowest BCUT2D eigenvalue weighted by Crippen LogP contribution is -2.48. The fourth-order valence-electron chi connectivity index (χ4n) is 5.90. The van der Waals surface area contributed by atoms with Crippen molar-refractivity contribution < 1.29 is 14.7 Å². The van der Waals surface area contributed by atoms with E-state index in [1.807, 2.05) is 26.8 Å². The first-order valence-corrected chi connectivity index (χ1v) is 9.23. The summed E-state index contributed by atoms with van der Waals surface area (Å²) < 4.78 is 0. The largest absolute Gasteiger partial charge is 0.481 e. The average molecular weight is 354 g/mol. The quantitative estimate of drug-likeness (QED) is 0.817. The van der Waals surface area contributed by atoms with E-state index in [-0.39, 0.29) is 24.2 Å². The Bertz CT molecular complexity index is 812. The number of aliphatic carboxylic acids is 1. The molecule has 5 atom stereocenters. The summed E-state index contributed by atoms with van der Waals surface area (Å²) in [6.07, 6.45) is 1.71. The molecule has 0 bridgehead atoms. The van der Waals surface area contributed by atoms with E-state index in [0.29, 0.717) is 19.3 Å². The number of nitrogens with zero attached hydrogens (tertiary/aromatic N) is 1. The molecule has 0 heterocycles. The van der Waals surface area contributed by atoms with Crippen molar-refractivity contribution in [1.82, 2.24) is 0 Å². The molecule has 1 aromatic carbocycles. The van der Waals surface area contributed by atoms with Gasteiger partial charge < -0.3 is 10.8 Å². The molecule has 2 aliphatic carbocycles. The molecule has 0 amide bonds. The highest BCUT2D eigenvalue weighted by Crippen LogP contribution is 2.79. The van der Waals surface area contributed by atoms with Crippen LogP contribution in [0.1, 0.15) is 36.5 Å². The highest BCUT2D eigenvalue weighted by molar-refractivity contribution is 5.94. The number of ketones is 1. The minimum atomic E-state index is -1.30. The van der Waals surface area contributed by atoms with E-state index in [0.717, 1.165) is 11.1 Å². The second-order valence-corrected chi connectivity index (χ2v) is 7.93.